The van der Waals surface area contributed by atoms with Crippen LogP contribution in [0.5, 0.6) is 0 Å². The van der Waals surface area contributed by atoms with E-state index >= 15 is 0 Å². The summed E-state index contributed by atoms with van der Waals surface area (Å²) in [6.07, 6.45) is -0.127. The fourth-order valence-corrected chi connectivity index (χ4v) is 6.97. The second-order valence-corrected chi connectivity index (χ2v) is 11.6. The lowest BCUT2D eigenvalue weighted by Gasteiger charge is -2.49. The highest BCUT2D eigenvalue weighted by Crippen LogP contribution is 2.42. The Morgan fingerprint density at radius 3 is 2.94 bits per heavy atom. The van der Waals surface area contributed by atoms with E-state index in [1.54, 1.807) is 5.51 Å². The second-order valence-electron chi connectivity index (χ2n) is 6.83. The van der Waals surface area contributed by atoms with E-state index in [0.717, 1.165) is 11.3 Å². The maximum atomic E-state index is 13.1. The van der Waals surface area contributed by atoms with E-state index < -0.39 is 29.4 Å². The van der Waals surface area contributed by atoms with E-state index in [1.807, 2.05) is 0 Å². The van der Waals surface area contributed by atoms with Crippen LogP contribution >= 0.6 is 57.8 Å². The normalized spacial score (nSPS) is 19.4. The number of anilines is 1. The van der Waals surface area contributed by atoms with Crippen LogP contribution in [0, 0.1) is 0 Å². The number of carbonyl (C=O) groups is 3. The lowest BCUT2D eigenvalue weighted by molar-refractivity contribution is -0.148. The summed E-state index contributed by atoms with van der Waals surface area (Å²) in [4.78, 5) is 47.7. The molecule has 13 nitrogen and oxygen atoms in total. The largest absolute Gasteiger partial charge is 0.512 e. The van der Waals surface area contributed by atoms with Crippen LogP contribution in [0.4, 0.5) is 9.93 Å². The molecule has 4 rings (SSSR count). The number of halogens is 1. The number of hydrogen-bond acceptors (Lipinski definition) is 14. The highest BCUT2D eigenvalue weighted by Gasteiger charge is 2.54. The zero-order chi connectivity index (χ0) is 25.8. The fraction of sp³-hybridized carbons (Fsp3) is 0.278. The number of β-lactam (4-membered cyclic amide) rings is 1. The predicted molar refractivity (Wildman–Crippen MR) is 136 cm³/mol. The number of oxime groups is 1. The molecular formula is C18H16ClN7O6S4. The molecule has 4 heterocycles. The van der Waals surface area contributed by atoms with Gasteiger partial charge in [-0.2, -0.15) is 0 Å². The van der Waals surface area contributed by atoms with Gasteiger partial charge in [0.05, 0.1) is 0 Å². The van der Waals surface area contributed by atoms with Crippen LogP contribution in [0.15, 0.2) is 39.1 Å². The van der Waals surface area contributed by atoms with Gasteiger partial charge < -0.3 is 25.7 Å². The number of hydrogen-bond donors (Lipinski definition) is 3. The Bertz CT molecular complexity index is 1250. The van der Waals surface area contributed by atoms with Crippen molar-refractivity contribution in [1.82, 2.24) is 25.4 Å². The fourth-order valence-electron chi connectivity index (χ4n) is 3.10. The molecule has 2 amide bonds. The lowest BCUT2D eigenvalue weighted by Crippen LogP contribution is -2.70. The molecule has 0 aromatic carbocycles. The average molecular weight is 590 g/mol. The Morgan fingerprint density at radius 1 is 1.50 bits per heavy atom. The van der Waals surface area contributed by atoms with Crippen molar-refractivity contribution >= 4 is 86.6 Å². The van der Waals surface area contributed by atoms with Crippen molar-refractivity contribution in [2.45, 2.75) is 15.8 Å². The summed E-state index contributed by atoms with van der Waals surface area (Å²) >= 11 is 11.1. The molecule has 2 aliphatic rings. The molecule has 2 atom stereocenters. The average Bonchev–Trinajstić information content (AvgIpc) is 3.47. The van der Waals surface area contributed by atoms with Crippen molar-refractivity contribution < 1.29 is 29.1 Å². The predicted octanol–water partition coefficient (Wildman–Crippen LogP) is 2.24. The van der Waals surface area contributed by atoms with Gasteiger partial charge >= 0.3 is 6.16 Å². The molecule has 1 unspecified atom stereocenters. The number of nitrogens with one attached hydrogen (secondary N) is 1. The maximum Gasteiger partial charge on any atom is 0.512 e. The number of aromatic nitrogens is 3. The number of nitrogen functional groups attached to an aromatic ring is 1. The summed E-state index contributed by atoms with van der Waals surface area (Å²) in [5, 5.41) is 22.8. The van der Waals surface area contributed by atoms with E-state index in [4.69, 9.17) is 26.9 Å². The van der Waals surface area contributed by atoms with Gasteiger partial charge in [-0.05, 0) is 0 Å². The summed E-state index contributed by atoms with van der Waals surface area (Å²) in [7, 11) is 0. The summed E-state index contributed by atoms with van der Waals surface area (Å²) in [6, 6.07) is -0.980. The van der Waals surface area contributed by atoms with Crippen molar-refractivity contribution in [3.63, 3.8) is 0 Å². The Hall–Kier alpha value is -2.86. The van der Waals surface area contributed by atoms with Gasteiger partial charge in [0.25, 0.3) is 11.8 Å². The van der Waals surface area contributed by atoms with Crippen molar-refractivity contribution in [2.75, 3.05) is 23.8 Å². The molecule has 0 saturated carbocycles. The summed E-state index contributed by atoms with van der Waals surface area (Å²) in [6.45, 7) is 3.53. The van der Waals surface area contributed by atoms with E-state index in [-0.39, 0.29) is 33.4 Å². The van der Waals surface area contributed by atoms with Gasteiger partial charge in [0.2, 0.25) is 5.88 Å². The van der Waals surface area contributed by atoms with Crippen LogP contribution in [-0.2, 0) is 19.2 Å². The van der Waals surface area contributed by atoms with Crippen LogP contribution in [0.3, 0.4) is 0 Å². The first kappa shape index (κ1) is 26.2. The van der Waals surface area contributed by atoms with E-state index in [1.165, 1.54) is 45.8 Å². The number of fused-ring (bicyclic) bond motifs is 1. The number of ether oxygens (including phenoxy) is 1. The zero-order valence-corrected chi connectivity index (χ0v) is 22.0. The minimum Gasteiger partial charge on any atom is -0.449 e. The molecule has 2 aromatic rings. The first-order chi connectivity index (χ1) is 17.3. The summed E-state index contributed by atoms with van der Waals surface area (Å²) in [5.41, 5.74) is 7.60. The first-order valence-corrected chi connectivity index (χ1v) is 13.9. The van der Waals surface area contributed by atoms with Crippen LogP contribution in [0.2, 0.25) is 4.34 Å². The number of amides is 2. The van der Waals surface area contributed by atoms with E-state index in [9.17, 15) is 19.5 Å². The Kier molecular flexibility index (Phi) is 8.35. The minimum absolute atomic E-state index is 0.00596. The second kappa shape index (κ2) is 11.5. The van der Waals surface area contributed by atoms with Gasteiger partial charge in [0.1, 0.15) is 33.6 Å². The van der Waals surface area contributed by atoms with Crippen molar-refractivity contribution in [3.8, 4) is 0 Å². The molecule has 190 valence electrons. The Morgan fingerprint density at radius 2 is 2.31 bits per heavy atom. The quantitative estimate of drug-likeness (QED) is 0.0699. The highest BCUT2D eigenvalue weighted by atomic mass is 35.5. The van der Waals surface area contributed by atoms with Crippen LogP contribution in [0.1, 0.15) is 5.69 Å². The third-order valence-electron chi connectivity index (χ3n) is 4.56. The number of carboxylic acid groups (broad SMARTS) is 1. The van der Waals surface area contributed by atoms with Crippen LogP contribution < -0.4 is 11.1 Å². The first-order valence-electron chi connectivity index (χ1n) is 9.80. The Labute approximate surface area is 224 Å². The van der Waals surface area contributed by atoms with Crippen molar-refractivity contribution in [3.05, 3.63) is 39.7 Å². The van der Waals surface area contributed by atoms with Crippen LogP contribution in [-0.4, -0.2) is 78.4 Å². The molecule has 4 N–H and O–H groups in total. The number of thioether (sulfide) groups is 2. The molecule has 18 heteroatoms. The summed E-state index contributed by atoms with van der Waals surface area (Å²) in [5.74, 6) is -0.679. The molecular weight excluding hydrogens is 574 g/mol. The van der Waals surface area contributed by atoms with E-state index in [0.29, 0.717) is 21.4 Å². The molecule has 36 heavy (non-hydrogen) atoms. The third kappa shape index (κ3) is 5.59. The minimum atomic E-state index is -1.56. The number of rotatable bonds is 10. The van der Waals surface area contributed by atoms with Crippen molar-refractivity contribution in [2.24, 2.45) is 5.16 Å². The molecule has 1 fully saturated rings. The maximum absolute atomic E-state index is 13.1. The number of nitrogens with zero attached hydrogens (tertiary/aromatic N) is 5. The number of carbonyl (C=O) groups excluding carboxylic acids is 2. The Balaban J connectivity index is 1.52. The number of nitrogens with two attached hydrogens (primary N) is 1. The van der Waals surface area contributed by atoms with Crippen molar-refractivity contribution in [1.29, 1.82) is 0 Å². The van der Waals surface area contributed by atoms with Gasteiger partial charge in [0.15, 0.2) is 15.2 Å². The number of thiazole rings is 1. The smallest absolute Gasteiger partial charge is 0.449 e. The molecule has 0 radical (unpaired) electrons. The summed E-state index contributed by atoms with van der Waals surface area (Å²) < 4.78 is 5.78. The SMILES string of the molecule is C=CCON=C(C(=O)NC1C(=O)N2C(OC(=O)O)=C(CSc3nncs3)CS[C@@H]12)c1nc(N)sc1Cl. The van der Waals surface area contributed by atoms with E-state index in [2.05, 4.69) is 32.2 Å². The standard InChI is InChI=1S/C18H16ClN7O6S4/c1-2-3-31-25-9(8-11(19)36-16(20)23-8)12(27)22-10-13(28)26-14(32-18(29)30)7(4-33-15(10)26)5-34-17-24-21-6-35-17/h2,6,10,15H,1,3-5H2,(H2,20,23)(H,22,27)(H,29,30)/t10?,15-/m0/s1. The molecule has 0 spiro atoms. The third-order valence-corrected chi connectivity index (χ3v) is 8.93. The molecule has 2 aromatic heterocycles. The van der Waals surface area contributed by atoms with Gasteiger partial charge in [-0.25, -0.2) is 9.78 Å². The molecule has 1 saturated heterocycles. The van der Waals surface area contributed by atoms with Crippen LogP contribution in [0.25, 0.3) is 0 Å². The van der Waals surface area contributed by atoms with Gasteiger partial charge in [-0.15, -0.1) is 22.0 Å². The molecule has 0 aliphatic carbocycles. The zero-order valence-electron chi connectivity index (χ0n) is 18.0. The monoisotopic (exact) mass is 589 g/mol. The van der Waals surface area contributed by atoms with Gasteiger partial charge in [0, 0.05) is 17.1 Å². The molecule has 2 aliphatic heterocycles. The topological polar surface area (TPSA) is 182 Å². The van der Waals surface area contributed by atoms with Gasteiger partial charge in [-0.1, -0.05) is 63.8 Å². The lowest BCUT2D eigenvalue weighted by atomic mass is 10.1. The highest BCUT2D eigenvalue weighted by molar-refractivity contribution is 8.01. The van der Waals surface area contributed by atoms with Gasteiger partial charge in [-0.3, -0.25) is 14.5 Å². The molecule has 0 bridgehead atoms.